The number of alkyl carbamates (subject to hydrolysis) is 2. The van der Waals surface area contributed by atoms with Gasteiger partial charge in [-0.25, -0.2) is 19.6 Å². The fourth-order valence-corrected chi connectivity index (χ4v) is 8.92. The number of ether oxygens (including phenoxy) is 3. The predicted octanol–water partition coefficient (Wildman–Crippen LogP) is 6.89. The Hall–Kier alpha value is -6.12. The SMILES string of the molecule is COC(=O)N[C@@H](C)C(=O)N1[C@@H](C)CC[C@H]1c1nc2ccc3cc4c(cc3c2[nH]1)OCc1cc(-c2cnc(C3CC[C@H](C)N3C(=O)[C@@H](NC(=O)OC)C(C)C)[nH]2)ccc1-4. The Balaban J connectivity index is 1.04. The van der Waals surface area contributed by atoms with Gasteiger partial charge in [0.25, 0.3) is 0 Å². The zero-order valence-corrected chi connectivity index (χ0v) is 33.8. The molecule has 2 aromatic heterocycles. The maximum atomic E-state index is 13.8. The van der Waals surface area contributed by atoms with Crippen molar-refractivity contribution in [2.75, 3.05) is 14.2 Å². The summed E-state index contributed by atoms with van der Waals surface area (Å²) in [7, 11) is 2.57. The van der Waals surface area contributed by atoms with Gasteiger partial charge in [0.1, 0.15) is 36.1 Å². The Morgan fingerprint density at radius 1 is 0.810 bits per heavy atom. The maximum Gasteiger partial charge on any atom is 0.407 e. The number of rotatable bonds is 8. The van der Waals surface area contributed by atoms with Crippen molar-refractivity contribution >= 4 is 45.8 Å². The number of carbonyl (C=O) groups is 4. The van der Waals surface area contributed by atoms with Gasteiger partial charge in [-0.15, -0.1) is 0 Å². The average molecular weight is 791 g/mol. The second-order valence-electron chi connectivity index (χ2n) is 16.1. The van der Waals surface area contributed by atoms with Crippen molar-refractivity contribution < 1.29 is 33.4 Å². The Morgan fingerprint density at radius 3 is 2.21 bits per heavy atom. The van der Waals surface area contributed by atoms with Crippen molar-refractivity contribution in [3.8, 4) is 28.1 Å². The molecule has 2 saturated heterocycles. The van der Waals surface area contributed by atoms with Gasteiger partial charge in [-0.2, -0.15) is 0 Å². The molecular formula is C43H50N8O7. The summed E-state index contributed by atoms with van der Waals surface area (Å²) in [5.41, 5.74) is 6.59. The lowest BCUT2D eigenvalue weighted by Gasteiger charge is -2.32. The Morgan fingerprint density at radius 2 is 1.50 bits per heavy atom. The highest BCUT2D eigenvalue weighted by molar-refractivity contribution is 6.07. The van der Waals surface area contributed by atoms with E-state index in [2.05, 4.69) is 57.0 Å². The quantitative estimate of drug-likeness (QED) is 0.130. The topological polar surface area (TPSA) is 184 Å². The average Bonchev–Trinajstić information content (AvgIpc) is 4.04. The number of aromatic amines is 2. The lowest BCUT2D eigenvalue weighted by atomic mass is 9.92. The van der Waals surface area contributed by atoms with Crippen molar-refractivity contribution in [3.63, 3.8) is 0 Å². The van der Waals surface area contributed by atoms with E-state index in [-0.39, 0.29) is 41.9 Å². The van der Waals surface area contributed by atoms with Crippen LogP contribution in [0.2, 0.25) is 0 Å². The van der Waals surface area contributed by atoms with Crippen LogP contribution >= 0.6 is 0 Å². The summed E-state index contributed by atoms with van der Waals surface area (Å²) in [6.45, 7) is 9.90. The zero-order valence-electron chi connectivity index (χ0n) is 33.8. The predicted molar refractivity (Wildman–Crippen MR) is 217 cm³/mol. The number of amides is 4. The number of nitrogens with one attached hydrogen (secondary N) is 4. The fraction of sp³-hybridized carbons (Fsp3) is 0.442. The molecule has 8 rings (SSSR count). The summed E-state index contributed by atoms with van der Waals surface area (Å²) in [6, 6.07) is 12.6. The zero-order chi connectivity index (χ0) is 41.0. The van der Waals surface area contributed by atoms with Gasteiger partial charge in [0.05, 0.1) is 49.2 Å². The molecule has 2 fully saturated rings. The highest BCUT2D eigenvalue weighted by Gasteiger charge is 2.42. The second-order valence-corrected chi connectivity index (χ2v) is 16.1. The molecule has 15 heteroatoms. The third kappa shape index (κ3) is 6.85. The number of imidazole rings is 2. The van der Waals surface area contributed by atoms with Crippen molar-refractivity contribution in [1.29, 1.82) is 0 Å². The highest BCUT2D eigenvalue weighted by atomic mass is 16.5. The Kier molecular flexibility index (Phi) is 10.2. The number of H-pyrrole nitrogens is 2. The van der Waals surface area contributed by atoms with Crippen LogP contribution in [0.5, 0.6) is 5.75 Å². The van der Waals surface area contributed by atoms with Gasteiger partial charge in [0.2, 0.25) is 11.8 Å². The normalized spacial score (nSPS) is 21.0. The number of fused-ring (bicyclic) bond motifs is 6. The molecule has 58 heavy (non-hydrogen) atoms. The minimum absolute atomic E-state index is 0.0144. The van der Waals surface area contributed by atoms with E-state index in [0.29, 0.717) is 18.3 Å². The first-order valence-electron chi connectivity index (χ1n) is 20.0. The minimum Gasteiger partial charge on any atom is -0.488 e. The molecule has 4 N–H and O–H groups in total. The molecule has 0 bridgehead atoms. The van der Waals surface area contributed by atoms with Crippen LogP contribution in [0, 0.1) is 5.92 Å². The van der Waals surface area contributed by atoms with Crippen LogP contribution in [0.15, 0.2) is 48.7 Å². The molecule has 3 aliphatic heterocycles. The Bertz CT molecular complexity index is 2420. The molecule has 5 aromatic rings. The van der Waals surface area contributed by atoms with Gasteiger partial charge in [0.15, 0.2) is 0 Å². The molecule has 0 aliphatic carbocycles. The molecule has 1 unspecified atom stereocenters. The van der Waals surface area contributed by atoms with Crippen LogP contribution in [0.4, 0.5) is 9.59 Å². The number of carbonyl (C=O) groups excluding carboxylic acids is 4. The summed E-state index contributed by atoms with van der Waals surface area (Å²) < 4.78 is 15.9. The van der Waals surface area contributed by atoms with Crippen LogP contribution in [0.3, 0.4) is 0 Å². The van der Waals surface area contributed by atoms with Crippen molar-refractivity contribution in [2.24, 2.45) is 5.92 Å². The van der Waals surface area contributed by atoms with Gasteiger partial charge in [0, 0.05) is 23.0 Å². The fourth-order valence-electron chi connectivity index (χ4n) is 8.92. The van der Waals surface area contributed by atoms with E-state index in [4.69, 9.17) is 24.2 Å². The molecule has 6 atom stereocenters. The molecule has 5 heterocycles. The van der Waals surface area contributed by atoms with Gasteiger partial charge in [-0.3, -0.25) is 9.59 Å². The van der Waals surface area contributed by atoms with Gasteiger partial charge in [-0.1, -0.05) is 32.0 Å². The summed E-state index contributed by atoms with van der Waals surface area (Å²) in [5, 5.41) is 7.32. The summed E-state index contributed by atoms with van der Waals surface area (Å²) in [4.78, 5) is 71.7. The smallest absolute Gasteiger partial charge is 0.407 e. The second kappa shape index (κ2) is 15.3. The maximum absolute atomic E-state index is 13.8. The van der Waals surface area contributed by atoms with E-state index in [1.165, 1.54) is 14.2 Å². The number of hydrogen-bond donors (Lipinski definition) is 4. The third-order valence-corrected chi connectivity index (χ3v) is 12.0. The first-order valence-corrected chi connectivity index (χ1v) is 20.0. The van der Waals surface area contributed by atoms with Crippen LogP contribution in [-0.4, -0.2) is 92.1 Å². The highest BCUT2D eigenvalue weighted by Crippen LogP contribution is 2.44. The number of hydrogen-bond acceptors (Lipinski definition) is 9. The van der Waals surface area contributed by atoms with Crippen molar-refractivity contribution in [3.05, 3.63) is 65.9 Å². The first kappa shape index (κ1) is 38.7. The van der Waals surface area contributed by atoms with Crippen LogP contribution in [-0.2, 0) is 25.7 Å². The molecule has 4 amide bonds. The van der Waals surface area contributed by atoms with E-state index >= 15 is 0 Å². The van der Waals surface area contributed by atoms with E-state index in [1.807, 2.05) is 49.8 Å². The molecule has 0 spiro atoms. The van der Waals surface area contributed by atoms with Gasteiger partial charge >= 0.3 is 12.2 Å². The summed E-state index contributed by atoms with van der Waals surface area (Å²) in [6.07, 6.45) is 3.68. The molecule has 0 radical (unpaired) electrons. The van der Waals surface area contributed by atoms with Crippen LogP contribution in [0.1, 0.15) is 89.6 Å². The van der Waals surface area contributed by atoms with Gasteiger partial charge < -0.3 is 44.6 Å². The van der Waals surface area contributed by atoms with Gasteiger partial charge in [-0.05, 0) is 98.7 Å². The number of methoxy groups -OCH3 is 2. The molecule has 304 valence electrons. The Labute approximate surface area is 336 Å². The van der Waals surface area contributed by atoms with Crippen LogP contribution in [0.25, 0.3) is 44.2 Å². The summed E-state index contributed by atoms with van der Waals surface area (Å²) >= 11 is 0. The number of likely N-dealkylation sites (tertiary alicyclic amines) is 2. The molecular weight excluding hydrogens is 741 g/mol. The van der Waals surface area contributed by atoms with E-state index in [9.17, 15) is 19.2 Å². The molecule has 15 nitrogen and oxygen atoms in total. The van der Waals surface area contributed by atoms with E-state index in [1.54, 1.807) is 6.92 Å². The lowest BCUT2D eigenvalue weighted by molar-refractivity contribution is -0.137. The lowest BCUT2D eigenvalue weighted by Crippen LogP contribution is -2.52. The largest absolute Gasteiger partial charge is 0.488 e. The number of benzene rings is 3. The first-order chi connectivity index (χ1) is 27.9. The van der Waals surface area contributed by atoms with E-state index < -0.39 is 24.3 Å². The minimum atomic E-state index is -0.744. The summed E-state index contributed by atoms with van der Waals surface area (Å²) in [5.74, 6) is 1.73. The monoisotopic (exact) mass is 790 g/mol. The van der Waals surface area contributed by atoms with E-state index in [0.717, 1.165) is 81.2 Å². The number of aromatic nitrogens is 4. The standard InChI is InChI=1S/C43H50N8O7/c1-21(2)36(49-43(55)57-7)41(53)51-23(4)8-14-33(51)38-44-19-32(47-38)26-10-12-28-27(16-26)20-58-35-18-29-25(17-30(28)35)11-13-31-37(29)48-39(46-31)34-15-9-22(3)50(34)40(52)24(5)45-42(54)56-6/h10-13,16-19,21-24,33-34,36H,8-9,14-15,20H2,1-7H3,(H,44,47)(H,45,54)(H,46,48)(H,49,55)/t22-,23-,24-,33?,34-,36-/m0/s1. The molecule has 3 aromatic carbocycles. The molecule has 3 aliphatic rings. The molecule has 0 saturated carbocycles. The third-order valence-electron chi connectivity index (χ3n) is 12.0. The van der Waals surface area contributed by atoms with Crippen LogP contribution < -0.4 is 15.4 Å². The van der Waals surface area contributed by atoms with Crippen molar-refractivity contribution in [2.45, 2.75) is 103 Å². The number of nitrogens with zero attached hydrogens (tertiary/aromatic N) is 4. The van der Waals surface area contributed by atoms with Crippen molar-refractivity contribution in [1.82, 2.24) is 40.4 Å².